The summed E-state index contributed by atoms with van der Waals surface area (Å²) in [5.74, 6) is -0.260. The fourth-order valence-electron chi connectivity index (χ4n) is 2.05. The number of para-hydroxylation sites is 1. The van der Waals surface area contributed by atoms with Crippen LogP contribution < -0.4 is 10.6 Å². The molecule has 0 bridgehead atoms. The van der Waals surface area contributed by atoms with E-state index < -0.39 is 0 Å². The number of halogens is 1. The standard InChI is InChI=1S/C15H15FN2S/c1-2-18(12-7-5-6-11(16)10-12)14-9-4-3-8-13(14)15(17)19/h3-10H,2H2,1H3,(H2,17,19). The smallest absolute Gasteiger partial charge is 0.125 e. The summed E-state index contributed by atoms with van der Waals surface area (Å²) >= 11 is 5.07. The van der Waals surface area contributed by atoms with Gasteiger partial charge in [-0.05, 0) is 37.3 Å². The van der Waals surface area contributed by atoms with Crippen molar-refractivity contribution < 1.29 is 4.39 Å². The molecule has 0 saturated heterocycles. The molecule has 0 unspecified atom stereocenters. The van der Waals surface area contributed by atoms with Crippen LogP contribution in [0.2, 0.25) is 0 Å². The molecule has 19 heavy (non-hydrogen) atoms. The van der Waals surface area contributed by atoms with Gasteiger partial charge in [0.1, 0.15) is 10.8 Å². The summed E-state index contributed by atoms with van der Waals surface area (Å²) in [5, 5.41) is 0. The number of nitrogens with zero attached hydrogens (tertiary/aromatic N) is 1. The minimum atomic E-state index is -0.260. The summed E-state index contributed by atoms with van der Waals surface area (Å²) in [6.45, 7) is 2.70. The average Bonchev–Trinajstić information content (AvgIpc) is 2.40. The van der Waals surface area contributed by atoms with E-state index in [1.165, 1.54) is 12.1 Å². The maximum atomic E-state index is 13.4. The molecule has 98 valence electrons. The molecule has 0 radical (unpaired) electrons. The number of hydrogen-bond acceptors (Lipinski definition) is 2. The zero-order valence-electron chi connectivity index (χ0n) is 10.6. The lowest BCUT2D eigenvalue weighted by molar-refractivity contribution is 0.627. The number of benzene rings is 2. The lowest BCUT2D eigenvalue weighted by Crippen LogP contribution is -2.21. The van der Waals surface area contributed by atoms with Crippen LogP contribution in [0.3, 0.4) is 0 Å². The molecule has 2 nitrogen and oxygen atoms in total. The minimum absolute atomic E-state index is 0.260. The van der Waals surface area contributed by atoms with Crippen LogP contribution in [-0.4, -0.2) is 11.5 Å². The third-order valence-electron chi connectivity index (χ3n) is 2.90. The fraction of sp³-hybridized carbons (Fsp3) is 0.133. The van der Waals surface area contributed by atoms with Gasteiger partial charge >= 0.3 is 0 Å². The van der Waals surface area contributed by atoms with Crippen molar-refractivity contribution >= 4 is 28.6 Å². The second-order valence-corrected chi connectivity index (χ2v) is 4.55. The first-order valence-corrected chi connectivity index (χ1v) is 6.46. The molecule has 2 rings (SSSR count). The van der Waals surface area contributed by atoms with E-state index in [0.29, 0.717) is 11.5 Å². The van der Waals surface area contributed by atoms with Gasteiger partial charge in [0.15, 0.2) is 0 Å². The molecule has 2 aromatic rings. The Morgan fingerprint density at radius 3 is 2.58 bits per heavy atom. The van der Waals surface area contributed by atoms with Gasteiger partial charge in [-0.2, -0.15) is 0 Å². The predicted molar refractivity (Wildman–Crippen MR) is 81.4 cm³/mol. The summed E-state index contributed by atoms with van der Waals surface area (Å²) < 4.78 is 13.4. The number of rotatable bonds is 4. The Hall–Kier alpha value is -1.94. The molecule has 0 heterocycles. The van der Waals surface area contributed by atoms with Crippen molar-refractivity contribution in [2.45, 2.75) is 6.92 Å². The topological polar surface area (TPSA) is 29.3 Å². The Morgan fingerprint density at radius 1 is 1.21 bits per heavy atom. The zero-order valence-corrected chi connectivity index (χ0v) is 11.5. The predicted octanol–water partition coefficient (Wildman–Crippen LogP) is 3.62. The van der Waals surface area contributed by atoms with Crippen molar-refractivity contribution in [2.24, 2.45) is 5.73 Å². The van der Waals surface area contributed by atoms with Crippen molar-refractivity contribution in [2.75, 3.05) is 11.4 Å². The van der Waals surface area contributed by atoms with Crippen LogP contribution in [0, 0.1) is 5.82 Å². The van der Waals surface area contributed by atoms with Gasteiger partial charge in [-0.3, -0.25) is 0 Å². The lowest BCUT2D eigenvalue weighted by atomic mass is 10.1. The van der Waals surface area contributed by atoms with Crippen LogP contribution in [-0.2, 0) is 0 Å². The lowest BCUT2D eigenvalue weighted by Gasteiger charge is -2.25. The Labute approximate surface area is 117 Å². The van der Waals surface area contributed by atoms with E-state index in [2.05, 4.69) is 0 Å². The van der Waals surface area contributed by atoms with Crippen molar-refractivity contribution in [1.82, 2.24) is 0 Å². The molecule has 0 saturated carbocycles. The first kappa shape index (κ1) is 13.5. The summed E-state index contributed by atoms with van der Waals surface area (Å²) in [6.07, 6.45) is 0. The third kappa shape index (κ3) is 2.90. The molecule has 2 aromatic carbocycles. The largest absolute Gasteiger partial charge is 0.389 e. The quantitative estimate of drug-likeness (QED) is 0.863. The molecular weight excluding hydrogens is 259 g/mol. The van der Waals surface area contributed by atoms with Crippen LogP contribution >= 0.6 is 12.2 Å². The van der Waals surface area contributed by atoms with Gasteiger partial charge in [-0.25, -0.2) is 4.39 Å². The maximum absolute atomic E-state index is 13.4. The van der Waals surface area contributed by atoms with Crippen LogP contribution in [0.25, 0.3) is 0 Å². The van der Waals surface area contributed by atoms with Crippen LogP contribution in [0.5, 0.6) is 0 Å². The minimum Gasteiger partial charge on any atom is -0.389 e. The van der Waals surface area contributed by atoms with Crippen LogP contribution in [0.4, 0.5) is 15.8 Å². The van der Waals surface area contributed by atoms with Gasteiger partial charge in [-0.15, -0.1) is 0 Å². The number of thiocarbonyl (C=S) groups is 1. The van der Waals surface area contributed by atoms with E-state index in [9.17, 15) is 4.39 Å². The Bertz CT molecular complexity index is 598. The van der Waals surface area contributed by atoms with Gasteiger partial charge in [0.2, 0.25) is 0 Å². The molecule has 0 aliphatic rings. The van der Waals surface area contributed by atoms with Crippen molar-refractivity contribution in [1.29, 1.82) is 0 Å². The highest BCUT2D eigenvalue weighted by molar-refractivity contribution is 7.80. The summed E-state index contributed by atoms with van der Waals surface area (Å²) in [4.78, 5) is 2.32. The van der Waals surface area contributed by atoms with Crippen molar-refractivity contribution in [3.8, 4) is 0 Å². The van der Waals surface area contributed by atoms with Crippen LogP contribution in [0.15, 0.2) is 48.5 Å². The van der Waals surface area contributed by atoms with E-state index in [1.54, 1.807) is 6.07 Å². The molecule has 0 aliphatic heterocycles. The molecule has 0 spiro atoms. The molecule has 0 aliphatic carbocycles. The molecule has 0 amide bonds. The van der Waals surface area contributed by atoms with E-state index in [4.69, 9.17) is 18.0 Å². The Kier molecular flexibility index (Phi) is 4.12. The normalized spacial score (nSPS) is 10.2. The summed E-state index contributed by atoms with van der Waals surface area (Å²) in [6, 6.07) is 14.1. The average molecular weight is 274 g/mol. The van der Waals surface area contributed by atoms with Gasteiger partial charge in [0.05, 0.1) is 5.69 Å². The number of nitrogens with two attached hydrogens (primary N) is 1. The molecule has 2 N–H and O–H groups in total. The summed E-state index contributed by atoms with van der Waals surface area (Å²) in [5.41, 5.74) is 8.22. The van der Waals surface area contributed by atoms with Gasteiger partial charge in [0.25, 0.3) is 0 Å². The fourth-order valence-corrected chi connectivity index (χ4v) is 2.23. The van der Waals surface area contributed by atoms with Crippen molar-refractivity contribution in [3.63, 3.8) is 0 Å². The third-order valence-corrected chi connectivity index (χ3v) is 3.12. The van der Waals surface area contributed by atoms with E-state index in [0.717, 1.165) is 16.9 Å². The highest BCUT2D eigenvalue weighted by Gasteiger charge is 2.13. The number of anilines is 2. The van der Waals surface area contributed by atoms with E-state index in [1.807, 2.05) is 42.2 Å². The second-order valence-electron chi connectivity index (χ2n) is 4.11. The monoisotopic (exact) mass is 274 g/mol. The first-order chi connectivity index (χ1) is 9.13. The van der Waals surface area contributed by atoms with Crippen molar-refractivity contribution in [3.05, 3.63) is 59.9 Å². The first-order valence-electron chi connectivity index (χ1n) is 6.05. The molecule has 0 atom stereocenters. The van der Waals surface area contributed by atoms with E-state index in [-0.39, 0.29) is 5.82 Å². The zero-order chi connectivity index (χ0) is 13.8. The molecule has 4 heteroatoms. The molecule has 0 fully saturated rings. The van der Waals surface area contributed by atoms with E-state index >= 15 is 0 Å². The van der Waals surface area contributed by atoms with Gasteiger partial charge < -0.3 is 10.6 Å². The Morgan fingerprint density at radius 2 is 1.95 bits per heavy atom. The molecule has 0 aromatic heterocycles. The highest BCUT2D eigenvalue weighted by Crippen LogP contribution is 2.28. The van der Waals surface area contributed by atoms with Crippen LogP contribution in [0.1, 0.15) is 12.5 Å². The van der Waals surface area contributed by atoms with Gasteiger partial charge in [0, 0.05) is 17.8 Å². The highest BCUT2D eigenvalue weighted by atomic mass is 32.1. The Balaban J connectivity index is 2.51. The SMILES string of the molecule is CCN(c1cccc(F)c1)c1ccccc1C(N)=S. The second kappa shape index (κ2) is 5.80. The number of hydrogen-bond donors (Lipinski definition) is 1. The maximum Gasteiger partial charge on any atom is 0.125 e. The van der Waals surface area contributed by atoms with Gasteiger partial charge in [-0.1, -0.05) is 30.4 Å². The summed E-state index contributed by atoms with van der Waals surface area (Å²) in [7, 11) is 0. The molecular formula is C15H15FN2S.